The summed E-state index contributed by atoms with van der Waals surface area (Å²) in [7, 11) is 4.09. The predicted molar refractivity (Wildman–Crippen MR) is 58.0 cm³/mol. The molecule has 0 atom stereocenters. The first-order chi connectivity index (χ1) is 6.27. The van der Waals surface area contributed by atoms with Gasteiger partial charge < -0.3 is 10.2 Å². The lowest BCUT2D eigenvalue weighted by atomic mass is 10.1. The Morgan fingerprint density at radius 2 is 2.00 bits per heavy atom. The van der Waals surface area contributed by atoms with E-state index in [4.69, 9.17) is 0 Å². The van der Waals surface area contributed by atoms with E-state index in [0.717, 1.165) is 13.1 Å². The number of nitrogens with zero attached hydrogens (tertiary/aromatic N) is 1. The Balaban J connectivity index is 2.74. The normalized spacial score (nSPS) is 10.5. The van der Waals surface area contributed by atoms with Crippen molar-refractivity contribution < 1.29 is 0 Å². The van der Waals surface area contributed by atoms with Gasteiger partial charge in [-0.3, -0.25) is 0 Å². The molecular formula is C11H18N2. The molecule has 0 aliphatic heterocycles. The monoisotopic (exact) mass is 178 g/mol. The number of anilines is 1. The smallest absolute Gasteiger partial charge is 0.0383 e. The standard InChI is InChI=1S/C11H18N2/c1-4-13(3)9-10-7-5-6-8-11(10)12-2/h5-8,12H,4,9H2,1-3H3. The highest BCUT2D eigenvalue weighted by Gasteiger charge is 2.01. The van der Waals surface area contributed by atoms with Crippen LogP contribution in [0.25, 0.3) is 0 Å². The average Bonchev–Trinajstić information content (AvgIpc) is 2.18. The van der Waals surface area contributed by atoms with Gasteiger partial charge >= 0.3 is 0 Å². The summed E-state index contributed by atoms with van der Waals surface area (Å²) in [6, 6.07) is 8.41. The number of para-hydroxylation sites is 1. The van der Waals surface area contributed by atoms with E-state index in [2.05, 4.69) is 48.5 Å². The maximum absolute atomic E-state index is 3.20. The highest BCUT2D eigenvalue weighted by molar-refractivity contribution is 5.50. The molecular weight excluding hydrogens is 160 g/mol. The van der Waals surface area contributed by atoms with E-state index in [0.29, 0.717) is 0 Å². The molecule has 2 nitrogen and oxygen atoms in total. The van der Waals surface area contributed by atoms with Gasteiger partial charge in [0.25, 0.3) is 0 Å². The fraction of sp³-hybridized carbons (Fsp3) is 0.455. The Labute approximate surface area is 80.6 Å². The average molecular weight is 178 g/mol. The molecule has 0 saturated carbocycles. The van der Waals surface area contributed by atoms with Gasteiger partial charge in [0.05, 0.1) is 0 Å². The molecule has 0 spiro atoms. The van der Waals surface area contributed by atoms with Crippen molar-refractivity contribution in [2.45, 2.75) is 13.5 Å². The maximum atomic E-state index is 3.20. The maximum Gasteiger partial charge on any atom is 0.0383 e. The van der Waals surface area contributed by atoms with E-state index in [1.54, 1.807) is 0 Å². The molecule has 2 heteroatoms. The van der Waals surface area contributed by atoms with E-state index >= 15 is 0 Å². The van der Waals surface area contributed by atoms with Crippen molar-refractivity contribution in [1.82, 2.24) is 4.90 Å². The third-order valence-corrected chi connectivity index (χ3v) is 2.27. The summed E-state index contributed by atoms with van der Waals surface area (Å²) in [6.45, 7) is 4.26. The van der Waals surface area contributed by atoms with Crippen LogP contribution in [0.1, 0.15) is 12.5 Å². The predicted octanol–water partition coefficient (Wildman–Crippen LogP) is 2.18. The van der Waals surface area contributed by atoms with Crippen molar-refractivity contribution in [1.29, 1.82) is 0 Å². The summed E-state index contributed by atoms with van der Waals surface area (Å²) >= 11 is 0. The lowest BCUT2D eigenvalue weighted by Crippen LogP contribution is -2.17. The zero-order valence-electron chi connectivity index (χ0n) is 8.67. The third-order valence-electron chi connectivity index (χ3n) is 2.27. The van der Waals surface area contributed by atoms with E-state index in [1.165, 1.54) is 11.3 Å². The van der Waals surface area contributed by atoms with Crippen molar-refractivity contribution >= 4 is 5.69 Å². The summed E-state index contributed by atoms with van der Waals surface area (Å²) in [6.07, 6.45) is 0. The van der Waals surface area contributed by atoms with Crippen LogP contribution < -0.4 is 5.32 Å². The van der Waals surface area contributed by atoms with E-state index in [1.807, 2.05) is 7.05 Å². The first kappa shape index (κ1) is 10.1. The molecule has 1 rings (SSSR count). The summed E-state index contributed by atoms with van der Waals surface area (Å²) in [4.78, 5) is 2.29. The molecule has 1 aromatic carbocycles. The number of benzene rings is 1. The summed E-state index contributed by atoms with van der Waals surface area (Å²) in [5.74, 6) is 0. The van der Waals surface area contributed by atoms with Gasteiger partial charge in [-0.15, -0.1) is 0 Å². The van der Waals surface area contributed by atoms with Crippen LogP contribution in [-0.2, 0) is 6.54 Å². The Morgan fingerprint density at radius 3 is 2.62 bits per heavy atom. The SMILES string of the molecule is CCN(C)Cc1ccccc1NC. The Kier molecular flexibility index (Phi) is 3.77. The molecule has 0 aromatic heterocycles. The Morgan fingerprint density at radius 1 is 1.31 bits per heavy atom. The van der Waals surface area contributed by atoms with Crippen molar-refractivity contribution in [3.8, 4) is 0 Å². The fourth-order valence-corrected chi connectivity index (χ4v) is 1.30. The van der Waals surface area contributed by atoms with Crippen LogP contribution in [0.2, 0.25) is 0 Å². The minimum absolute atomic E-state index is 1.01. The number of hydrogen-bond acceptors (Lipinski definition) is 2. The zero-order valence-corrected chi connectivity index (χ0v) is 8.67. The van der Waals surface area contributed by atoms with Crippen LogP contribution in [-0.4, -0.2) is 25.5 Å². The summed E-state index contributed by atoms with van der Waals surface area (Å²) in [5.41, 5.74) is 2.58. The van der Waals surface area contributed by atoms with E-state index < -0.39 is 0 Å². The molecule has 0 heterocycles. The molecule has 0 radical (unpaired) electrons. The molecule has 0 aliphatic carbocycles. The number of nitrogens with one attached hydrogen (secondary N) is 1. The lowest BCUT2D eigenvalue weighted by molar-refractivity contribution is 0.346. The molecule has 0 aliphatic rings. The lowest BCUT2D eigenvalue weighted by Gasteiger charge is -2.16. The summed E-state index contributed by atoms with van der Waals surface area (Å²) < 4.78 is 0. The van der Waals surface area contributed by atoms with Gasteiger partial charge in [0, 0.05) is 19.3 Å². The second kappa shape index (κ2) is 4.87. The van der Waals surface area contributed by atoms with Gasteiger partial charge in [-0.05, 0) is 25.2 Å². The topological polar surface area (TPSA) is 15.3 Å². The molecule has 72 valence electrons. The Hall–Kier alpha value is -1.02. The first-order valence-corrected chi connectivity index (χ1v) is 4.72. The molecule has 0 saturated heterocycles. The van der Waals surface area contributed by atoms with Crippen LogP contribution in [0.4, 0.5) is 5.69 Å². The highest BCUT2D eigenvalue weighted by atomic mass is 15.1. The minimum Gasteiger partial charge on any atom is -0.388 e. The second-order valence-electron chi connectivity index (χ2n) is 3.24. The van der Waals surface area contributed by atoms with Crippen molar-refractivity contribution in [3.63, 3.8) is 0 Å². The van der Waals surface area contributed by atoms with Crippen LogP contribution in [0.5, 0.6) is 0 Å². The molecule has 1 N–H and O–H groups in total. The van der Waals surface area contributed by atoms with Crippen molar-refractivity contribution in [2.24, 2.45) is 0 Å². The molecule has 0 amide bonds. The quantitative estimate of drug-likeness (QED) is 0.760. The van der Waals surface area contributed by atoms with E-state index in [9.17, 15) is 0 Å². The largest absolute Gasteiger partial charge is 0.388 e. The third kappa shape index (κ3) is 2.74. The van der Waals surface area contributed by atoms with Gasteiger partial charge in [-0.25, -0.2) is 0 Å². The Bertz CT molecular complexity index is 258. The van der Waals surface area contributed by atoms with Gasteiger partial charge in [-0.1, -0.05) is 25.1 Å². The zero-order chi connectivity index (χ0) is 9.68. The molecule has 13 heavy (non-hydrogen) atoms. The van der Waals surface area contributed by atoms with Crippen LogP contribution >= 0.6 is 0 Å². The van der Waals surface area contributed by atoms with Gasteiger partial charge in [0.15, 0.2) is 0 Å². The number of rotatable bonds is 4. The first-order valence-electron chi connectivity index (χ1n) is 4.72. The number of hydrogen-bond donors (Lipinski definition) is 1. The molecule has 1 aromatic rings. The summed E-state index contributed by atoms with van der Waals surface area (Å²) in [5, 5.41) is 3.20. The van der Waals surface area contributed by atoms with E-state index in [-0.39, 0.29) is 0 Å². The van der Waals surface area contributed by atoms with Gasteiger partial charge in [0.1, 0.15) is 0 Å². The fourth-order valence-electron chi connectivity index (χ4n) is 1.30. The highest BCUT2D eigenvalue weighted by Crippen LogP contribution is 2.15. The van der Waals surface area contributed by atoms with Crippen molar-refractivity contribution in [3.05, 3.63) is 29.8 Å². The van der Waals surface area contributed by atoms with Gasteiger partial charge in [-0.2, -0.15) is 0 Å². The molecule has 0 unspecified atom stereocenters. The molecule has 0 fully saturated rings. The second-order valence-corrected chi connectivity index (χ2v) is 3.24. The van der Waals surface area contributed by atoms with Gasteiger partial charge in [0.2, 0.25) is 0 Å². The molecule has 0 bridgehead atoms. The van der Waals surface area contributed by atoms with Crippen LogP contribution in [0.15, 0.2) is 24.3 Å². The minimum atomic E-state index is 1.01. The van der Waals surface area contributed by atoms with Crippen molar-refractivity contribution in [2.75, 3.05) is 26.0 Å². The van der Waals surface area contributed by atoms with Crippen LogP contribution in [0, 0.1) is 0 Å². The van der Waals surface area contributed by atoms with Crippen LogP contribution in [0.3, 0.4) is 0 Å².